The number of hydrogen-bond donors (Lipinski definition) is 0. The van der Waals surface area contributed by atoms with Crippen LogP contribution in [0.1, 0.15) is 41.7 Å². The van der Waals surface area contributed by atoms with E-state index in [-0.39, 0.29) is 11.1 Å². The zero-order valence-electron chi connectivity index (χ0n) is 17.9. The highest BCUT2D eigenvalue weighted by Gasteiger charge is 2.22. The normalized spacial score (nSPS) is 11.1. The Kier molecular flexibility index (Phi) is 7.21. The molecule has 32 heavy (non-hydrogen) atoms. The zero-order valence-corrected chi connectivity index (χ0v) is 17.9. The van der Waals surface area contributed by atoms with E-state index >= 15 is 8.78 Å². The van der Waals surface area contributed by atoms with Crippen LogP contribution in [0.5, 0.6) is 0 Å². The Morgan fingerprint density at radius 1 is 0.844 bits per heavy atom. The Labute approximate surface area is 186 Å². The molecule has 0 bridgehead atoms. The lowest BCUT2D eigenvalue weighted by molar-refractivity contribution is -0.693. The van der Waals surface area contributed by atoms with E-state index in [0.717, 1.165) is 24.2 Å². The fourth-order valence-electron chi connectivity index (χ4n) is 3.18. The molecule has 3 aromatic rings. The van der Waals surface area contributed by atoms with E-state index in [4.69, 9.17) is 6.57 Å². The number of hydrogen-bond acceptors (Lipinski definition) is 1. The maximum absolute atomic E-state index is 15.2. The average molecular weight is 428 g/mol. The third-order valence-electron chi connectivity index (χ3n) is 5.10. The molecule has 1 aromatic carbocycles. The summed E-state index contributed by atoms with van der Waals surface area (Å²) in [6.07, 6.45) is 13.3. The predicted octanol–water partition coefficient (Wildman–Crippen LogP) is 5.34. The molecule has 158 valence electrons. The molecule has 0 aliphatic rings. The number of nitriles is 1. The quantitative estimate of drug-likeness (QED) is 0.385. The van der Waals surface area contributed by atoms with Crippen molar-refractivity contribution < 1.29 is 17.9 Å². The number of pyridine rings is 2. The van der Waals surface area contributed by atoms with E-state index < -0.39 is 22.9 Å². The van der Waals surface area contributed by atoms with Crippen LogP contribution in [0, 0.1) is 29.5 Å². The number of aromatic nitrogens is 2. The van der Waals surface area contributed by atoms with Gasteiger partial charge < -0.3 is 0 Å². The van der Waals surface area contributed by atoms with Gasteiger partial charge in [-0.3, -0.25) is 0 Å². The van der Waals surface area contributed by atoms with Gasteiger partial charge in [0.1, 0.15) is 30.8 Å². The molecular formula is C26H22F2N4+2. The summed E-state index contributed by atoms with van der Waals surface area (Å²) in [5, 5.41) is 9.52. The Morgan fingerprint density at radius 3 is 1.72 bits per heavy atom. The molecule has 0 radical (unpaired) electrons. The van der Waals surface area contributed by atoms with Gasteiger partial charge in [-0.1, -0.05) is 24.3 Å². The minimum Gasteiger partial charge on any atom is -0.234 e. The second-order valence-electron chi connectivity index (χ2n) is 6.99. The number of halogens is 2. The third kappa shape index (κ3) is 4.77. The first-order valence-corrected chi connectivity index (χ1v) is 10.2. The summed E-state index contributed by atoms with van der Waals surface area (Å²) in [5.74, 6) is -1.82. The molecule has 0 N–H and O–H groups in total. The largest absolute Gasteiger partial charge is 0.234 e. The van der Waals surface area contributed by atoms with Crippen LogP contribution in [-0.4, -0.2) is 0 Å². The van der Waals surface area contributed by atoms with Crippen molar-refractivity contribution in [3.8, 4) is 6.07 Å². The molecule has 0 aliphatic heterocycles. The molecule has 2 aromatic heterocycles. The molecule has 4 nitrogen and oxygen atoms in total. The van der Waals surface area contributed by atoms with Crippen molar-refractivity contribution in [2.24, 2.45) is 0 Å². The minimum absolute atomic E-state index is 0.232. The molecule has 0 saturated carbocycles. The number of rotatable bonds is 6. The van der Waals surface area contributed by atoms with Gasteiger partial charge in [-0.25, -0.2) is 22.8 Å². The van der Waals surface area contributed by atoms with Crippen LogP contribution in [0.4, 0.5) is 14.5 Å². The molecule has 6 heteroatoms. The summed E-state index contributed by atoms with van der Waals surface area (Å²) in [6.45, 7) is 13.0. The van der Waals surface area contributed by atoms with Crippen molar-refractivity contribution in [2.45, 2.75) is 26.9 Å². The van der Waals surface area contributed by atoms with Crippen LogP contribution in [-0.2, 0) is 13.1 Å². The van der Waals surface area contributed by atoms with Crippen LogP contribution in [0.15, 0.2) is 49.1 Å². The van der Waals surface area contributed by atoms with Gasteiger partial charge in [0.2, 0.25) is 5.69 Å². The van der Waals surface area contributed by atoms with Gasteiger partial charge in [-0.05, 0) is 25.0 Å². The Bertz CT molecular complexity index is 1160. The average Bonchev–Trinajstić information content (AvgIpc) is 2.83. The Hall–Kier alpha value is -4.16. The highest BCUT2D eigenvalue weighted by atomic mass is 19.1. The molecule has 2 heterocycles. The van der Waals surface area contributed by atoms with Crippen LogP contribution in [0.2, 0.25) is 0 Å². The van der Waals surface area contributed by atoms with Gasteiger partial charge in [0.15, 0.2) is 24.8 Å². The monoisotopic (exact) mass is 428 g/mol. The molecule has 0 spiro atoms. The topological polar surface area (TPSA) is 35.9 Å². The lowest BCUT2D eigenvalue weighted by Crippen LogP contribution is -2.30. The second-order valence-corrected chi connectivity index (χ2v) is 6.99. The Morgan fingerprint density at radius 2 is 1.31 bits per heavy atom. The van der Waals surface area contributed by atoms with Crippen molar-refractivity contribution in [1.29, 1.82) is 5.26 Å². The molecule has 0 saturated heterocycles. The first kappa shape index (κ1) is 22.5. The second kappa shape index (κ2) is 10.2. The summed E-state index contributed by atoms with van der Waals surface area (Å²) >= 11 is 0. The lowest BCUT2D eigenvalue weighted by Gasteiger charge is -2.09. The first-order chi connectivity index (χ1) is 15.5. The van der Waals surface area contributed by atoms with Gasteiger partial charge in [0.05, 0.1) is 12.1 Å². The van der Waals surface area contributed by atoms with E-state index in [0.29, 0.717) is 0 Å². The Balaban J connectivity index is 2.04. The van der Waals surface area contributed by atoms with E-state index in [1.54, 1.807) is 18.2 Å². The maximum atomic E-state index is 15.2. The molecule has 0 atom stereocenters. The minimum atomic E-state index is -0.912. The number of benzene rings is 1. The van der Waals surface area contributed by atoms with Gasteiger partial charge in [0, 0.05) is 35.4 Å². The molecule has 0 unspecified atom stereocenters. The van der Waals surface area contributed by atoms with Gasteiger partial charge in [0.25, 0.3) is 0 Å². The molecule has 0 aliphatic carbocycles. The zero-order chi connectivity index (χ0) is 23.1. The van der Waals surface area contributed by atoms with E-state index in [1.165, 1.54) is 12.2 Å². The number of nitrogens with zero attached hydrogens (tertiary/aromatic N) is 4. The highest BCUT2D eigenvalue weighted by Crippen LogP contribution is 2.34. The predicted molar refractivity (Wildman–Crippen MR) is 120 cm³/mol. The standard InChI is InChI=1S/C26H22F2N4/c1-4-31-14-10-19(11-15-31)6-8-21-23(18-29)24(27)22(26(30-3)25(21)28)9-7-20-12-16-32(5-2)17-13-20/h6-17H,4-5H2,1-2H3/q+2/b8-6+,9-7+. The summed E-state index contributed by atoms with van der Waals surface area (Å²) < 4.78 is 34.3. The summed E-state index contributed by atoms with van der Waals surface area (Å²) in [4.78, 5) is 3.22. The van der Waals surface area contributed by atoms with Gasteiger partial charge in [-0.15, -0.1) is 0 Å². The van der Waals surface area contributed by atoms with Gasteiger partial charge >= 0.3 is 0 Å². The number of aryl methyl sites for hydroxylation is 2. The van der Waals surface area contributed by atoms with Crippen molar-refractivity contribution in [3.63, 3.8) is 0 Å². The van der Waals surface area contributed by atoms with Crippen LogP contribution in [0.25, 0.3) is 29.1 Å². The summed E-state index contributed by atoms with van der Waals surface area (Å²) in [6, 6.07) is 9.07. The smallest absolute Gasteiger partial charge is 0.232 e. The molecular weight excluding hydrogens is 406 g/mol. The summed E-state index contributed by atoms with van der Waals surface area (Å²) in [5.41, 5.74) is 0.184. The van der Waals surface area contributed by atoms with E-state index in [9.17, 15) is 5.26 Å². The third-order valence-corrected chi connectivity index (χ3v) is 5.10. The highest BCUT2D eigenvalue weighted by molar-refractivity contribution is 5.83. The van der Waals surface area contributed by atoms with Crippen LogP contribution < -0.4 is 9.13 Å². The van der Waals surface area contributed by atoms with Crippen molar-refractivity contribution in [2.75, 3.05) is 0 Å². The lowest BCUT2D eigenvalue weighted by atomic mass is 9.98. The fraction of sp³-hybridized carbons (Fsp3) is 0.154. The fourth-order valence-corrected chi connectivity index (χ4v) is 3.18. The summed E-state index contributed by atoms with van der Waals surface area (Å²) in [7, 11) is 0. The van der Waals surface area contributed by atoms with Crippen molar-refractivity contribution >= 4 is 30.0 Å². The van der Waals surface area contributed by atoms with Gasteiger partial charge in [-0.2, -0.15) is 5.26 Å². The van der Waals surface area contributed by atoms with Crippen molar-refractivity contribution in [1.82, 2.24) is 0 Å². The van der Waals surface area contributed by atoms with Crippen LogP contribution in [0.3, 0.4) is 0 Å². The maximum Gasteiger partial charge on any atom is 0.232 e. The molecule has 0 amide bonds. The molecule has 0 fully saturated rings. The van der Waals surface area contributed by atoms with Crippen LogP contribution >= 0.6 is 0 Å². The molecule has 3 rings (SSSR count). The van der Waals surface area contributed by atoms with Crippen molar-refractivity contribution in [3.05, 3.63) is 99.9 Å². The van der Waals surface area contributed by atoms with E-state index in [2.05, 4.69) is 4.85 Å². The first-order valence-electron chi connectivity index (χ1n) is 10.2. The SMILES string of the molecule is [C-]#[N+]c1c(F)c(/C=C/c2cc[n+](CC)cc2)c(C#N)c(F)c1/C=C/c1cc[n+](CC)cc1. The van der Waals surface area contributed by atoms with E-state index in [1.807, 2.05) is 72.0 Å².